The van der Waals surface area contributed by atoms with Gasteiger partial charge in [-0.25, -0.2) is 9.78 Å². The molecule has 1 aromatic carbocycles. The maximum Gasteiger partial charge on any atom is 0.358 e. The van der Waals surface area contributed by atoms with Crippen LogP contribution in [0.2, 0.25) is 5.28 Å². The molecule has 0 saturated heterocycles. The molecule has 2 aromatic rings. The molecule has 128 valence electrons. The smallest absolute Gasteiger partial charge is 0.358 e. The Morgan fingerprint density at radius 3 is 2.52 bits per heavy atom. The Balaban J connectivity index is 2.47. The van der Waals surface area contributed by atoms with Gasteiger partial charge in [0.2, 0.25) is 11.2 Å². The zero-order chi connectivity index (χ0) is 18.6. The Bertz CT molecular complexity index is 884. The van der Waals surface area contributed by atoms with Gasteiger partial charge in [-0.3, -0.25) is 0 Å². The van der Waals surface area contributed by atoms with Crippen molar-refractivity contribution >= 4 is 46.2 Å². The molecule has 0 saturated carbocycles. The minimum atomic E-state index is -0.621. The zero-order valence-electron chi connectivity index (χ0n) is 13.6. The molecule has 25 heavy (non-hydrogen) atoms. The molecular weight excluding hydrogens is 457 g/mol. The summed E-state index contributed by atoms with van der Waals surface area (Å²) in [6.07, 6.45) is 3.12. The quantitative estimate of drug-likeness (QED) is 0.284. The fraction of sp³-hybridized carbons (Fsp3) is 0.176. The molecule has 0 aliphatic heterocycles. The lowest BCUT2D eigenvalue weighted by Gasteiger charge is -2.14. The number of carbonyl (C=O) groups excluding carboxylic acids is 1. The molecule has 0 amide bonds. The number of halogens is 2. The van der Waals surface area contributed by atoms with Crippen molar-refractivity contribution in [2.24, 2.45) is 0 Å². The summed E-state index contributed by atoms with van der Waals surface area (Å²) in [5.41, 5.74) is 2.63. The molecule has 0 unspecified atom stereocenters. The van der Waals surface area contributed by atoms with Gasteiger partial charge in [0.05, 0.1) is 13.2 Å². The molecule has 8 heteroatoms. The molecular formula is C17H13ClIN3O3. The van der Waals surface area contributed by atoms with E-state index in [9.17, 15) is 4.79 Å². The molecule has 2 rings (SSSR count). The first-order valence-corrected chi connectivity index (χ1v) is 8.49. The molecule has 0 radical (unpaired) electrons. The number of benzene rings is 1. The summed E-state index contributed by atoms with van der Waals surface area (Å²) in [6.45, 7) is 3.76. The van der Waals surface area contributed by atoms with Gasteiger partial charge in [-0.05, 0) is 82.9 Å². The molecule has 0 aliphatic carbocycles. The number of ether oxygens (including phenoxy) is 2. The second-order valence-corrected chi connectivity index (χ2v) is 6.42. The highest BCUT2D eigenvalue weighted by Crippen LogP contribution is 2.33. The van der Waals surface area contributed by atoms with Crippen molar-refractivity contribution in [3.63, 3.8) is 0 Å². The molecule has 0 N–H and O–H groups in total. The van der Waals surface area contributed by atoms with E-state index in [1.165, 1.54) is 13.2 Å². The fourth-order valence-electron chi connectivity index (χ4n) is 2.17. The van der Waals surface area contributed by atoms with E-state index in [4.69, 9.17) is 26.3 Å². The Hall–Kier alpha value is -2.18. The predicted molar refractivity (Wildman–Crippen MR) is 102 cm³/mol. The lowest BCUT2D eigenvalue weighted by atomic mass is 10.1. The molecule has 0 atom stereocenters. The molecule has 0 aliphatic rings. The van der Waals surface area contributed by atoms with E-state index < -0.39 is 5.97 Å². The summed E-state index contributed by atoms with van der Waals surface area (Å²) < 4.78 is 11.0. The zero-order valence-corrected chi connectivity index (χ0v) is 16.5. The van der Waals surface area contributed by atoms with Crippen LogP contribution < -0.4 is 4.74 Å². The van der Waals surface area contributed by atoms with Gasteiger partial charge in [-0.2, -0.15) is 10.2 Å². The number of aryl methyl sites for hydroxylation is 2. The number of rotatable bonds is 4. The van der Waals surface area contributed by atoms with Crippen LogP contribution in [0.1, 0.15) is 27.2 Å². The van der Waals surface area contributed by atoms with Crippen LogP contribution in [0.15, 0.2) is 18.2 Å². The van der Waals surface area contributed by atoms with E-state index in [0.717, 1.165) is 16.7 Å². The molecule has 0 spiro atoms. The summed E-state index contributed by atoms with van der Waals surface area (Å²) in [4.78, 5) is 19.8. The summed E-state index contributed by atoms with van der Waals surface area (Å²) >= 11 is 7.81. The normalized spacial score (nSPS) is 10.6. The summed E-state index contributed by atoms with van der Waals surface area (Å²) in [6, 6.07) is 5.72. The first-order chi connectivity index (χ1) is 11.9. The van der Waals surface area contributed by atoms with Crippen molar-refractivity contribution in [3.05, 3.63) is 49.4 Å². The number of allylic oxidation sites excluding steroid dienone is 1. The number of aromatic nitrogens is 2. The highest BCUT2D eigenvalue weighted by atomic mass is 127. The lowest BCUT2D eigenvalue weighted by Crippen LogP contribution is -2.10. The number of methoxy groups -OCH3 is 1. The molecule has 1 heterocycles. The van der Waals surface area contributed by atoms with Gasteiger partial charge in [0.1, 0.15) is 9.32 Å². The molecule has 6 nitrogen and oxygen atoms in total. The van der Waals surface area contributed by atoms with Crippen LogP contribution in [-0.2, 0) is 4.74 Å². The van der Waals surface area contributed by atoms with Crippen LogP contribution in [0.4, 0.5) is 0 Å². The minimum absolute atomic E-state index is 0.0435. The van der Waals surface area contributed by atoms with Crippen LogP contribution in [0.25, 0.3) is 6.08 Å². The third-order valence-electron chi connectivity index (χ3n) is 3.20. The number of hydrogen-bond acceptors (Lipinski definition) is 6. The number of hydrogen-bond donors (Lipinski definition) is 0. The Morgan fingerprint density at radius 2 is 1.96 bits per heavy atom. The third-order valence-corrected chi connectivity index (χ3v) is 4.35. The SMILES string of the molecule is COC(=O)c1nc(Cl)nc(Oc2c(C)cc(/C=C/C#N)cc2C)c1I. The molecule has 0 bridgehead atoms. The van der Waals surface area contributed by atoms with E-state index >= 15 is 0 Å². The van der Waals surface area contributed by atoms with Crippen LogP contribution in [0.5, 0.6) is 11.6 Å². The monoisotopic (exact) mass is 469 g/mol. The largest absolute Gasteiger partial charge is 0.464 e. The van der Waals surface area contributed by atoms with Crippen molar-refractivity contribution in [2.45, 2.75) is 13.8 Å². The summed E-state index contributed by atoms with van der Waals surface area (Å²) in [7, 11) is 1.26. The van der Waals surface area contributed by atoms with Gasteiger partial charge in [-0.15, -0.1) is 0 Å². The predicted octanol–water partition coefficient (Wildman–Crippen LogP) is 4.47. The number of esters is 1. The van der Waals surface area contributed by atoms with E-state index in [0.29, 0.717) is 9.32 Å². The van der Waals surface area contributed by atoms with Gasteiger partial charge in [0.15, 0.2) is 5.69 Å². The number of carbonyl (C=O) groups is 1. The van der Waals surface area contributed by atoms with E-state index in [2.05, 4.69) is 9.97 Å². The average Bonchev–Trinajstić information content (AvgIpc) is 2.58. The van der Waals surface area contributed by atoms with Crippen molar-refractivity contribution in [1.29, 1.82) is 5.26 Å². The van der Waals surface area contributed by atoms with E-state index in [1.807, 2.05) is 54.6 Å². The van der Waals surface area contributed by atoms with E-state index in [-0.39, 0.29) is 16.9 Å². The van der Waals surface area contributed by atoms with Gasteiger partial charge in [0.25, 0.3) is 0 Å². The van der Waals surface area contributed by atoms with Crippen LogP contribution in [-0.4, -0.2) is 23.0 Å². The van der Waals surface area contributed by atoms with Gasteiger partial charge >= 0.3 is 5.97 Å². The number of nitriles is 1. The Labute approximate surface area is 163 Å². The minimum Gasteiger partial charge on any atom is -0.464 e. The first-order valence-electron chi connectivity index (χ1n) is 7.04. The topological polar surface area (TPSA) is 85.1 Å². The van der Waals surface area contributed by atoms with E-state index in [1.54, 1.807) is 6.08 Å². The highest BCUT2D eigenvalue weighted by Gasteiger charge is 2.21. The maximum atomic E-state index is 11.8. The van der Waals surface area contributed by atoms with Crippen molar-refractivity contribution < 1.29 is 14.3 Å². The summed E-state index contributed by atoms with van der Waals surface area (Å²) in [5, 5.41) is 8.53. The second kappa shape index (κ2) is 8.27. The van der Waals surface area contributed by atoms with Crippen molar-refractivity contribution in [3.8, 4) is 17.7 Å². The second-order valence-electron chi connectivity index (χ2n) is 5.00. The number of nitrogens with zero attached hydrogens (tertiary/aromatic N) is 3. The van der Waals surface area contributed by atoms with Crippen molar-refractivity contribution in [1.82, 2.24) is 9.97 Å². The van der Waals surface area contributed by atoms with Gasteiger partial charge in [-0.1, -0.05) is 0 Å². The standard InChI is InChI=1S/C17H13ClIN3O3/c1-9-7-11(5-4-6-20)8-10(2)14(9)25-15-12(19)13(16(23)24-3)21-17(18)22-15/h4-5,7-8H,1-3H3/b5-4+. The third kappa shape index (κ3) is 4.46. The fourth-order valence-corrected chi connectivity index (χ4v) is 2.90. The van der Waals surface area contributed by atoms with Crippen LogP contribution >= 0.6 is 34.2 Å². The van der Waals surface area contributed by atoms with Crippen LogP contribution in [0, 0.1) is 28.7 Å². The molecule has 0 fully saturated rings. The van der Waals surface area contributed by atoms with Gasteiger partial charge < -0.3 is 9.47 Å². The van der Waals surface area contributed by atoms with Gasteiger partial charge in [0, 0.05) is 6.08 Å². The summed E-state index contributed by atoms with van der Waals surface area (Å²) in [5.74, 6) is 0.147. The highest BCUT2D eigenvalue weighted by molar-refractivity contribution is 14.1. The Morgan fingerprint density at radius 1 is 1.32 bits per heavy atom. The van der Waals surface area contributed by atoms with Crippen LogP contribution in [0.3, 0.4) is 0 Å². The maximum absolute atomic E-state index is 11.8. The lowest BCUT2D eigenvalue weighted by molar-refractivity contribution is 0.0592. The van der Waals surface area contributed by atoms with Crippen molar-refractivity contribution in [2.75, 3.05) is 7.11 Å². The average molecular weight is 470 g/mol. The first kappa shape index (κ1) is 19.1. The Kier molecular flexibility index (Phi) is 6.33. The molecule has 1 aromatic heterocycles.